The van der Waals surface area contributed by atoms with Crippen LogP contribution in [-0.2, 0) is 0 Å². The molecule has 1 fully saturated rings. The minimum atomic E-state index is -0.0394. The highest BCUT2D eigenvalue weighted by molar-refractivity contribution is 14.1. The summed E-state index contributed by atoms with van der Waals surface area (Å²) in [7, 11) is 0. The van der Waals surface area contributed by atoms with Crippen LogP contribution in [0.5, 0.6) is 0 Å². The third-order valence-corrected chi connectivity index (χ3v) is 4.49. The zero-order valence-corrected chi connectivity index (χ0v) is 14.3. The van der Waals surface area contributed by atoms with Crippen LogP contribution in [0.2, 0.25) is 5.02 Å². The van der Waals surface area contributed by atoms with Crippen molar-refractivity contribution in [3.8, 4) is 0 Å². The second-order valence-electron chi connectivity index (χ2n) is 4.67. The van der Waals surface area contributed by atoms with E-state index in [4.69, 9.17) is 11.6 Å². The van der Waals surface area contributed by atoms with Gasteiger partial charge in [0.1, 0.15) is 0 Å². The number of amides is 1. The molecule has 0 saturated carbocycles. The largest absolute Gasteiger partial charge is 0.348 e. The number of hydrogen-bond acceptors (Lipinski definition) is 2. The van der Waals surface area contributed by atoms with Crippen LogP contribution in [0.4, 0.5) is 0 Å². The van der Waals surface area contributed by atoms with Crippen LogP contribution in [0.1, 0.15) is 23.7 Å². The van der Waals surface area contributed by atoms with Crippen molar-refractivity contribution in [3.63, 3.8) is 0 Å². The number of halogens is 3. The Balaban J connectivity index is 0.00000180. The highest BCUT2D eigenvalue weighted by atomic mass is 127. The Kier molecular flexibility index (Phi) is 6.86. The zero-order valence-electron chi connectivity index (χ0n) is 10.6. The lowest BCUT2D eigenvalue weighted by Crippen LogP contribution is -2.50. The number of hydrogen-bond donors (Lipinski definition) is 2. The Morgan fingerprint density at radius 2 is 2.26 bits per heavy atom. The van der Waals surface area contributed by atoms with Gasteiger partial charge < -0.3 is 10.6 Å². The molecule has 1 heterocycles. The van der Waals surface area contributed by atoms with E-state index >= 15 is 0 Å². The maximum absolute atomic E-state index is 12.2. The van der Waals surface area contributed by atoms with Crippen molar-refractivity contribution in [1.29, 1.82) is 0 Å². The molecule has 1 saturated heterocycles. The summed E-state index contributed by atoms with van der Waals surface area (Å²) in [5, 5.41) is 6.99. The molecule has 1 aromatic carbocycles. The van der Waals surface area contributed by atoms with Crippen LogP contribution in [0.3, 0.4) is 0 Å². The van der Waals surface area contributed by atoms with E-state index in [1.807, 2.05) is 6.07 Å². The van der Waals surface area contributed by atoms with Crippen molar-refractivity contribution < 1.29 is 4.79 Å². The molecule has 0 radical (unpaired) electrons. The Morgan fingerprint density at radius 1 is 1.53 bits per heavy atom. The number of carbonyl (C=O) groups is 1. The lowest BCUT2D eigenvalue weighted by molar-refractivity contribution is 0.0914. The van der Waals surface area contributed by atoms with Gasteiger partial charge in [-0.15, -0.1) is 12.4 Å². The molecule has 2 unspecified atom stereocenters. The van der Waals surface area contributed by atoms with Crippen LogP contribution in [0, 0.1) is 9.49 Å². The van der Waals surface area contributed by atoms with Crippen molar-refractivity contribution in [2.45, 2.75) is 19.4 Å². The number of rotatable bonds is 2. The van der Waals surface area contributed by atoms with Gasteiger partial charge in [0.25, 0.3) is 5.91 Å². The number of carbonyl (C=O) groups excluding carboxylic acids is 1. The molecule has 0 aromatic heterocycles. The lowest BCUT2D eigenvalue weighted by Gasteiger charge is -2.30. The van der Waals surface area contributed by atoms with Gasteiger partial charge in [-0.2, -0.15) is 0 Å². The predicted molar refractivity (Wildman–Crippen MR) is 89.3 cm³/mol. The summed E-state index contributed by atoms with van der Waals surface area (Å²) in [5.41, 5.74) is 0.654. The fourth-order valence-corrected chi connectivity index (χ4v) is 2.85. The minimum absolute atomic E-state index is 0. The molecule has 0 spiro atoms. The van der Waals surface area contributed by atoms with Crippen molar-refractivity contribution in [1.82, 2.24) is 10.6 Å². The molecule has 1 aliphatic rings. The second-order valence-corrected chi connectivity index (χ2v) is 6.27. The molecule has 0 aliphatic carbocycles. The van der Waals surface area contributed by atoms with E-state index in [9.17, 15) is 4.79 Å². The third-order valence-electron chi connectivity index (χ3n) is 3.32. The highest BCUT2D eigenvalue weighted by Crippen LogP contribution is 2.19. The standard InChI is InChI=1S/C13H16ClIN2O.ClH/c1-8-4-5-16-7-12(8)17-13(18)10-6-9(14)2-3-11(10)15;/h2-3,6,8,12,16H,4-5,7H2,1H3,(H,17,18);1H. The van der Waals surface area contributed by atoms with E-state index in [1.54, 1.807) is 12.1 Å². The van der Waals surface area contributed by atoms with Crippen molar-refractivity contribution >= 4 is 52.5 Å². The van der Waals surface area contributed by atoms with E-state index in [-0.39, 0.29) is 24.4 Å². The Hall–Kier alpha value is -0.0400. The van der Waals surface area contributed by atoms with E-state index < -0.39 is 0 Å². The summed E-state index contributed by atoms with van der Waals surface area (Å²) in [6.45, 7) is 4.04. The van der Waals surface area contributed by atoms with Gasteiger partial charge in [-0.05, 0) is 59.7 Å². The Bertz CT molecular complexity index is 456. The van der Waals surface area contributed by atoms with Gasteiger partial charge in [0.2, 0.25) is 0 Å². The number of nitrogens with one attached hydrogen (secondary N) is 2. The number of piperidine rings is 1. The normalized spacial score (nSPS) is 22.5. The SMILES string of the molecule is CC1CCNCC1NC(=O)c1cc(Cl)ccc1I.Cl. The van der Waals surface area contributed by atoms with E-state index in [0.29, 0.717) is 16.5 Å². The molecule has 6 heteroatoms. The fraction of sp³-hybridized carbons (Fsp3) is 0.462. The molecule has 2 atom stereocenters. The molecule has 1 amide bonds. The van der Waals surface area contributed by atoms with Gasteiger partial charge in [0.15, 0.2) is 0 Å². The molecule has 0 bridgehead atoms. The lowest BCUT2D eigenvalue weighted by atomic mass is 9.94. The van der Waals surface area contributed by atoms with E-state index in [1.165, 1.54) is 0 Å². The first-order chi connectivity index (χ1) is 8.58. The smallest absolute Gasteiger partial charge is 0.252 e. The molecule has 2 N–H and O–H groups in total. The first-order valence-corrected chi connectivity index (χ1v) is 7.50. The maximum atomic E-state index is 12.2. The van der Waals surface area contributed by atoms with Crippen LogP contribution in [0.15, 0.2) is 18.2 Å². The average molecular weight is 415 g/mol. The van der Waals surface area contributed by atoms with Crippen LogP contribution < -0.4 is 10.6 Å². The summed E-state index contributed by atoms with van der Waals surface area (Å²) in [4.78, 5) is 12.2. The molecular formula is C13H17Cl2IN2O. The van der Waals surface area contributed by atoms with Crippen LogP contribution >= 0.6 is 46.6 Å². The monoisotopic (exact) mass is 414 g/mol. The van der Waals surface area contributed by atoms with Crippen LogP contribution in [-0.4, -0.2) is 25.0 Å². The molecule has 2 rings (SSSR count). The van der Waals surface area contributed by atoms with Crippen molar-refractivity contribution in [3.05, 3.63) is 32.4 Å². The molecular weight excluding hydrogens is 398 g/mol. The van der Waals surface area contributed by atoms with E-state index in [0.717, 1.165) is 23.1 Å². The zero-order chi connectivity index (χ0) is 13.1. The summed E-state index contributed by atoms with van der Waals surface area (Å²) in [5.74, 6) is 0.467. The van der Waals surface area contributed by atoms with Gasteiger partial charge in [0, 0.05) is 21.2 Å². The molecule has 1 aliphatic heterocycles. The van der Waals surface area contributed by atoms with Gasteiger partial charge >= 0.3 is 0 Å². The van der Waals surface area contributed by atoms with Gasteiger partial charge in [-0.1, -0.05) is 18.5 Å². The molecule has 19 heavy (non-hydrogen) atoms. The fourth-order valence-electron chi connectivity index (χ4n) is 2.10. The van der Waals surface area contributed by atoms with Crippen molar-refractivity contribution in [2.75, 3.05) is 13.1 Å². The van der Waals surface area contributed by atoms with Crippen molar-refractivity contribution in [2.24, 2.45) is 5.92 Å². The quantitative estimate of drug-likeness (QED) is 0.730. The first kappa shape index (κ1) is 17.0. The molecule has 106 valence electrons. The summed E-state index contributed by atoms with van der Waals surface area (Å²) in [6.07, 6.45) is 1.09. The van der Waals surface area contributed by atoms with E-state index in [2.05, 4.69) is 40.1 Å². The van der Waals surface area contributed by atoms with Gasteiger partial charge in [0.05, 0.1) is 5.56 Å². The molecule has 1 aromatic rings. The van der Waals surface area contributed by atoms with Crippen LogP contribution in [0.25, 0.3) is 0 Å². The minimum Gasteiger partial charge on any atom is -0.348 e. The summed E-state index contributed by atoms with van der Waals surface area (Å²) in [6, 6.07) is 5.58. The second kappa shape index (κ2) is 7.67. The summed E-state index contributed by atoms with van der Waals surface area (Å²) < 4.78 is 0.922. The summed E-state index contributed by atoms with van der Waals surface area (Å²) >= 11 is 8.09. The van der Waals surface area contributed by atoms with Gasteiger partial charge in [-0.3, -0.25) is 4.79 Å². The molecule has 3 nitrogen and oxygen atoms in total. The average Bonchev–Trinajstić information content (AvgIpc) is 2.35. The first-order valence-electron chi connectivity index (χ1n) is 6.04. The Labute approximate surface area is 138 Å². The predicted octanol–water partition coefficient (Wildman–Crippen LogP) is 3.09. The topological polar surface area (TPSA) is 41.1 Å². The highest BCUT2D eigenvalue weighted by Gasteiger charge is 2.23. The third kappa shape index (κ3) is 4.48. The maximum Gasteiger partial charge on any atom is 0.252 e. The Morgan fingerprint density at radius 3 is 2.95 bits per heavy atom. The van der Waals surface area contributed by atoms with Gasteiger partial charge in [-0.25, -0.2) is 0 Å². The number of benzene rings is 1.